The Labute approximate surface area is 99.8 Å². The maximum Gasteiger partial charge on any atom is 0.230 e. The van der Waals surface area contributed by atoms with E-state index in [1.807, 2.05) is 20.8 Å². The van der Waals surface area contributed by atoms with Crippen molar-refractivity contribution in [3.05, 3.63) is 5.28 Å². The van der Waals surface area contributed by atoms with Gasteiger partial charge in [0, 0.05) is 6.54 Å². The van der Waals surface area contributed by atoms with E-state index in [-0.39, 0.29) is 11.4 Å². The van der Waals surface area contributed by atoms with E-state index in [9.17, 15) is 0 Å². The molecule has 0 unspecified atom stereocenters. The van der Waals surface area contributed by atoms with E-state index >= 15 is 0 Å². The summed E-state index contributed by atoms with van der Waals surface area (Å²) in [4.78, 5) is 12.0. The van der Waals surface area contributed by atoms with Crippen LogP contribution >= 0.6 is 11.6 Å². The van der Waals surface area contributed by atoms with E-state index in [1.54, 1.807) is 0 Å². The molecular weight excluding hydrogens is 230 g/mol. The van der Waals surface area contributed by atoms with Crippen molar-refractivity contribution in [1.82, 2.24) is 15.0 Å². The molecule has 0 atom stereocenters. The summed E-state index contributed by atoms with van der Waals surface area (Å²) < 4.78 is 5.31. The minimum Gasteiger partial charge on any atom is -0.359 e. The fraction of sp³-hybridized carbons (Fsp3) is 0.667. The zero-order valence-electron chi connectivity index (χ0n) is 9.62. The number of ether oxygens (including phenoxy) is 1. The molecule has 7 heteroatoms. The quantitative estimate of drug-likeness (QED) is 0.744. The smallest absolute Gasteiger partial charge is 0.230 e. The number of hydrogen-bond donors (Lipinski definition) is 2. The number of halogens is 1. The van der Waals surface area contributed by atoms with E-state index in [1.165, 1.54) is 0 Å². The molecule has 0 saturated heterocycles. The van der Waals surface area contributed by atoms with Gasteiger partial charge in [-0.25, -0.2) is 0 Å². The molecule has 0 saturated carbocycles. The van der Waals surface area contributed by atoms with E-state index in [2.05, 4.69) is 25.6 Å². The van der Waals surface area contributed by atoms with Crippen molar-refractivity contribution >= 4 is 23.5 Å². The average molecular weight is 246 g/mol. The third kappa shape index (κ3) is 4.59. The third-order valence-electron chi connectivity index (χ3n) is 1.59. The molecule has 90 valence electrons. The van der Waals surface area contributed by atoms with Crippen molar-refractivity contribution in [1.29, 1.82) is 0 Å². The van der Waals surface area contributed by atoms with Gasteiger partial charge in [-0.1, -0.05) is 0 Å². The molecule has 16 heavy (non-hydrogen) atoms. The molecule has 0 aromatic carbocycles. The molecule has 0 spiro atoms. The largest absolute Gasteiger partial charge is 0.359 e. The first-order valence-electron chi connectivity index (χ1n) is 5.12. The van der Waals surface area contributed by atoms with Crippen LogP contribution in [0.25, 0.3) is 0 Å². The van der Waals surface area contributed by atoms with Crippen LogP contribution < -0.4 is 10.6 Å². The van der Waals surface area contributed by atoms with Gasteiger partial charge in [0.1, 0.15) is 6.73 Å². The highest BCUT2D eigenvalue weighted by Gasteiger charge is 2.03. The van der Waals surface area contributed by atoms with Crippen LogP contribution in [0.3, 0.4) is 0 Å². The van der Waals surface area contributed by atoms with E-state index in [4.69, 9.17) is 16.3 Å². The molecule has 0 fully saturated rings. The SMILES string of the molecule is CCNc1nc(Cl)nc(NCOC(C)C)n1. The van der Waals surface area contributed by atoms with Crippen LogP contribution in [-0.2, 0) is 4.74 Å². The van der Waals surface area contributed by atoms with Crippen molar-refractivity contribution in [2.24, 2.45) is 0 Å². The summed E-state index contributed by atoms with van der Waals surface area (Å²) in [5.41, 5.74) is 0. The molecule has 0 amide bonds. The molecule has 1 aromatic rings. The summed E-state index contributed by atoms with van der Waals surface area (Å²) in [6, 6.07) is 0. The number of rotatable bonds is 6. The Morgan fingerprint density at radius 1 is 1.19 bits per heavy atom. The van der Waals surface area contributed by atoms with Gasteiger partial charge in [0.25, 0.3) is 0 Å². The standard InChI is InChI=1S/C9H16ClN5O/c1-4-11-8-13-7(10)14-9(15-8)12-5-16-6(2)3/h6H,4-5H2,1-3H3,(H2,11,12,13,14,15). The summed E-state index contributed by atoms with van der Waals surface area (Å²) in [6.45, 7) is 6.91. The monoisotopic (exact) mass is 245 g/mol. The van der Waals surface area contributed by atoms with Gasteiger partial charge in [-0.15, -0.1) is 0 Å². The van der Waals surface area contributed by atoms with Crippen LogP contribution in [0.1, 0.15) is 20.8 Å². The van der Waals surface area contributed by atoms with Gasteiger partial charge < -0.3 is 15.4 Å². The van der Waals surface area contributed by atoms with E-state index in [0.717, 1.165) is 6.54 Å². The summed E-state index contributed by atoms with van der Waals surface area (Å²) in [5.74, 6) is 0.853. The lowest BCUT2D eigenvalue weighted by Crippen LogP contribution is -2.14. The average Bonchev–Trinajstić information content (AvgIpc) is 2.16. The van der Waals surface area contributed by atoms with Crippen LogP contribution in [0.2, 0.25) is 5.28 Å². The molecule has 1 heterocycles. The van der Waals surface area contributed by atoms with Crippen molar-refractivity contribution in [2.45, 2.75) is 26.9 Å². The van der Waals surface area contributed by atoms with Gasteiger partial charge in [0.05, 0.1) is 6.10 Å². The van der Waals surface area contributed by atoms with Crippen molar-refractivity contribution < 1.29 is 4.74 Å². The van der Waals surface area contributed by atoms with Crippen LogP contribution in [0, 0.1) is 0 Å². The maximum absolute atomic E-state index is 5.74. The van der Waals surface area contributed by atoms with Gasteiger partial charge in [-0.2, -0.15) is 15.0 Å². The molecule has 0 aliphatic heterocycles. The first-order valence-corrected chi connectivity index (χ1v) is 5.50. The van der Waals surface area contributed by atoms with Crippen molar-refractivity contribution in [3.63, 3.8) is 0 Å². The Kier molecular flexibility index (Phi) is 5.21. The number of nitrogens with one attached hydrogen (secondary N) is 2. The zero-order chi connectivity index (χ0) is 12.0. The molecule has 6 nitrogen and oxygen atoms in total. The lowest BCUT2D eigenvalue weighted by Gasteiger charge is -2.09. The lowest BCUT2D eigenvalue weighted by atomic mass is 10.5. The maximum atomic E-state index is 5.74. The molecule has 2 N–H and O–H groups in total. The van der Waals surface area contributed by atoms with Crippen LogP contribution in [-0.4, -0.2) is 34.3 Å². The number of hydrogen-bond acceptors (Lipinski definition) is 6. The van der Waals surface area contributed by atoms with Crippen LogP contribution in [0.4, 0.5) is 11.9 Å². The van der Waals surface area contributed by atoms with Gasteiger partial charge in [-0.05, 0) is 32.4 Å². The predicted octanol–water partition coefficient (Wildman–Crippen LogP) is 1.75. The van der Waals surface area contributed by atoms with E-state index in [0.29, 0.717) is 18.6 Å². The molecule has 0 aliphatic rings. The molecule has 1 rings (SSSR count). The fourth-order valence-electron chi connectivity index (χ4n) is 0.939. The summed E-state index contributed by atoms with van der Waals surface area (Å²) in [6.07, 6.45) is 0.151. The minimum atomic E-state index is 0.151. The molecule has 0 radical (unpaired) electrons. The van der Waals surface area contributed by atoms with Gasteiger partial charge in [0.15, 0.2) is 0 Å². The second-order valence-electron chi connectivity index (χ2n) is 3.32. The first-order chi connectivity index (χ1) is 7.61. The second-order valence-corrected chi connectivity index (χ2v) is 3.66. The highest BCUT2D eigenvalue weighted by molar-refractivity contribution is 6.28. The molecule has 0 aliphatic carbocycles. The number of nitrogens with zero attached hydrogens (tertiary/aromatic N) is 3. The zero-order valence-corrected chi connectivity index (χ0v) is 10.4. The molecule has 1 aromatic heterocycles. The topological polar surface area (TPSA) is 72.0 Å². The van der Waals surface area contributed by atoms with Crippen molar-refractivity contribution in [2.75, 3.05) is 23.9 Å². The first kappa shape index (κ1) is 12.9. The Hall–Kier alpha value is -1.14. The lowest BCUT2D eigenvalue weighted by molar-refractivity contribution is 0.0935. The summed E-state index contributed by atoms with van der Waals surface area (Å²) in [7, 11) is 0. The Bertz CT molecular complexity index is 334. The Morgan fingerprint density at radius 3 is 2.38 bits per heavy atom. The number of anilines is 2. The van der Waals surface area contributed by atoms with Crippen molar-refractivity contribution in [3.8, 4) is 0 Å². The Morgan fingerprint density at radius 2 is 1.81 bits per heavy atom. The second kappa shape index (κ2) is 6.44. The predicted molar refractivity (Wildman–Crippen MR) is 63.7 cm³/mol. The minimum absolute atomic E-state index is 0.151. The molecule has 0 bridgehead atoms. The normalized spacial score (nSPS) is 10.6. The highest BCUT2D eigenvalue weighted by Crippen LogP contribution is 2.09. The summed E-state index contributed by atoms with van der Waals surface area (Å²) >= 11 is 5.74. The van der Waals surface area contributed by atoms with Crippen LogP contribution in [0.5, 0.6) is 0 Å². The van der Waals surface area contributed by atoms with Gasteiger partial charge >= 0.3 is 0 Å². The van der Waals surface area contributed by atoms with Gasteiger partial charge in [-0.3, -0.25) is 0 Å². The number of aromatic nitrogens is 3. The van der Waals surface area contributed by atoms with Gasteiger partial charge in [0.2, 0.25) is 17.2 Å². The van der Waals surface area contributed by atoms with E-state index < -0.39 is 0 Å². The summed E-state index contributed by atoms with van der Waals surface area (Å²) in [5, 5.41) is 6.02. The van der Waals surface area contributed by atoms with Crippen LogP contribution in [0.15, 0.2) is 0 Å². The highest BCUT2D eigenvalue weighted by atomic mass is 35.5. The third-order valence-corrected chi connectivity index (χ3v) is 1.76. The Balaban J connectivity index is 2.58. The fourth-order valence-corrected chi connectivity index (χ4v) is 1.10. The molecular formula is C9H16ClN5O.